The van der Waals surface area contributed by atoms with Gasteiger partial charge in [-0.15, -0.1) is 0 Å². The smallest absolute Gasteiger partial charge is 0.416 e. The fraction of sp³-hybridized carbons (Fsp3) is 0.296. The molecular formula is C27H28F3NO2. The van der Waals surface area contributed by atoms with E-state index in [-0.39, 0.29) is 11.5 Å². The number of carbonyl (C=O) groups is 1. The summed E-state index contributed by atoms with van der Waals surface area (Å²) in [7, 11) is 0. The van der Waals surface area contributed by atoms with Gasteiger partial charge >= 0.3 is 6.18 Å². The lowest BCUT2D eigenvalue weighted by Crippen LogP contribution is -2.14. The van der Waals surface area contributed by atoms with Crippen LogP contribution in [0.4, 0.5) is 13.2 Å². The molecule has 1 amide bonds. The number of halogens is 3. The number of ether oxygens (including phenoxy) is 1. The number of alkyl halides is 3. The Morgan fingerprint density at radius 1 is 0.848 bits per heavy atom. The van der Waals surface area contributed by atoms with Gasteiger partial charge in [0.1, 0.15) is 11.9 Å². The molecule has 3 nitrogen and oxygen atoms in total. The molecule has 1 atom stereocenters. The standard InChI is InChI=1S/C27H28F3NO2/c1-26(2,3)17-16-24(20-4-6-21(7-5-20)25(31)32)33-23-14-10-19(11-15-23)18-8-12-22(13-9-18)27(28,29)30/h4-15,24H,16-17H2,1-3H3,(H2,31,32). The summed E-state index contributed by atoms with van der Waals surface area (Å²) in [5.74, 6) is 0.177. The molecule has 6 heteroatoms. The molecule has 0 aliphatic rings. The zero-order valence-corrected chi connectivity index (χ0v) is 18.9. The monoisotopic (exact) mass is 455 g/mol. The Morgan fingerprint density at radius 3 is 1.82 bits per heavy atom. The van der Waals surface area contributed by atoms with Crippen molar-refractivity contribution in [1.82, 2.24) is 0 Å². The third-order valence-corrected chi connectivity index (χ3v) is 5.40. The van der Waals surface area contributed by atoms with Crippen molar-refractivity contribution in [2.24, 2.45) is 11.1 Å². The van der Waals surface area contributed by atoms with E-state index in [0.29, 0.717) is 16.9 Å². The molecule has 3 aromatic carbocycles. The topological polar surface area (TPSA) is 52.3 Å². The fourth-order valence-electron chi connectivity index (χ4n) is 3.46. The van der Waals surface area contributed by atoms with Crippen molar-refractivity contribution in [3.63, 3.8) is 0 Å². The third kappa shape index (κ3) is 6.85. The molecule has 0 saturated heterocycles. The first-order chi connectivity index (χ1) is 15.4. The summed E-state index contributed by atoms with van der Waals surface area (Å²) < 4.78 is 44.7. The van der Waals surface area contributed by atoms with Gasteiger partial charge in [0.15, 0.2) is 0 Å². The Balaban J connectivity index is 1.78. The summed E-state index contributed by atoms with van der Waals surface area (Å²) in [4.78, 5) is 11.4. The van der Waals surface area contributed by atoms with Crippen LogP contribution in [0.25, 0.3) is 11.1 Å². The number of hydrogen-bond acceptors (Lipinski definition) is 2. The molecule has 0 aliphatic carbocycles. The van der Waals surface area contributed by atoms with E-state index in [2.05, 4.69) is 20.8 Å². The minimum absolute atomic E-state index is 0.126. The zero-order chi connectivity index (χ0) is 24.2. The number of rotatable bonds is 7. The van der Waals surface area contributed by atoms with Gasteiger partial charge in [-0.05, 0) is 71.3 Å². The molecule has 0 heterocycles. The molecule has 0 radical (unpaired) electrons. The Hall–Kier alpha value is -3.28. The molecule has 3 aromatic rings. The van der Waals surface area contributed by atoms with Crippen molar-refractivity contribution in [3.05, 3.63) is 89.5 Å². The van der Waals surface area contributed by atoms with Gasteiger partial charge in [0.05, 0.1) is 5.56 Å². The van der Waals surface area contributed by atoms with Crippen molar-refractivity contribution < 1.29 is 22.7 Å². The van der Waals surface area contributed by atoms with Crippen molar-refractivity contribution in [1.29, 1.82) is 0 Å². The van der Waals surface area contributed by atoms with Crippen LogP contribution in [0.5, 0.6) is 5.75 Å². The van der Waals surface area contributed by atoms with Crippen molar-refractivity contribution in [2.75, 3.05) is 0 Å². The summed E-state index contributed by atoms with van der Waals surface area (Å²) >= 11 is 0. The molecule has 33 heavy (non-hydrogen) atoms. The predicted octanol–water partition coefficient (Wildman–Crippen LogP) is 7.42. The van der Waals surface area contributed by atoms with Crippen LogP contribution in [-0.2, 0) is 6.18 Å². The normalized spacial score (nSPS) is 12.9. The lowest BCUT2D eigenvalue weighted by Gasteiger charge is -2.25. The maximum Gasteiger partial charge on any atom is 0.416 e. The van der Waals surface area contributed by atoms with Gasteiger partial charge in [-0.1, -0.05) is 57.2 Å². The Morgan fingerprint density at radius 2 is 1.36 bits per heavy atom. The molecule has 2 N–H and O–H groups in total. The number of amides is 1. The fourth-order valence-corrected chi connectivity index (χ4v) is 3.46. The molecule has 0 bridgehead atoms. The Labute approximate surface area is 192 Å². The molecular weight excluding hydrogens is 427 g/mol. The zero-order valence-electron chi connectivity index (χ0n) is 18.9. The molecule has 174 valence electrons. The minimum atomic E-state index is -4.35. The van der Waals surface area contributed by atoms with Crippen LogP contribution in [0.1, 0.15) is 61.2 Å². The highest BCUT2D eigenvalue weighted by atomic mass is 19.4. The van der Waals surface area contributed by atoms with E-state index in [4.69, 9.17) is 10.5 Å². The number of primary amides is 1. The lowest BCUT2D eigenvalue weighted by atomic mass is 9.88. The van der Waals surface area contributed by atoms with Gasteiger partial charge in [-0.2, -0.15) is 13.2 Å². The number of carbonyl (C=O) groups excluding carboxylic acids is 1. The molecule has 0 saturated carbocycles. The quantitative estimate of drug-likeness (QED) is 0.403. The second kappa shape index (κ2) is 9.69. The van der Waals surface area contributed by atoms with Gasteiger partial charge in [-0.3, -0.25) is 4.79 Å². The summed E-state index contributed by atoms with van der Waals surface area (Å²) in [5, 5.41) is 0. The molecule has 3 rings (SSSR count). The van der Waals surface area contributed by atoms with E-state index >= 15 is 0 Å². The highest BCUT2D eigenvalue weighted by Gasteiger charge is 2.30. The average Bonchev–Trinajstić information content (AvgIpc) is 2.76. The minimum Gasteiger partial charge on any atom is -0.486 e. The maximum absolute atomic E-state index is 12.8. The SMILES string of the molecule is CC(C)(C)CCC(Oc1ccc(-c2ccc(C(F)(F)F)cc2)cc1)c1ccc(C(N)=O)cc1. The lowest BCUT2D eigenvalue weighted by molar-refractivity contribution is -0.137. The highest BCUT2D eigenvalue weighted by molar-refractivity contribution is 5.92. The van der Waals surface area contributed by atoms with Crippen LogP contribution < -0.4 is 10.5 Å². The molecule has 1 unspecified atom stereocenters. The Bertz CT molecular complexity index is 1060. The summed E-state index contributed by atoms with van der Waals surface area (Å²) in [5.41, 5.74) is 7.67. The van der Waals surface area contributed by atoms with Crippen LogP contribution in [0.15, 0.2) is 72.8 Å². The summed E-state index contributed by atoms with van der Waals surface area (Å²) in [6.45, 7) is 6.50. The van der Waals surface area contributed by atoms with Crippen LogP contribution in [0.3, 0.4) is 0 Å². The van der Waals surface area contributed by atoms with Crippen molar-refractivity contribution >= 4 is 5.91 Å². The van der Waals surface area contributed by atoms with Crippen LogP contribution in [-0.4, -0.2) is 5.91 Å². The molecule has 0 spiro atoms. The van der Waals surface area contributed by atoms with Gasteiger partial charge in [-0.25, -0.2) is 0 Å². The van der Waals surface area contributed by atoms with Crippen molar-refractivity contribution in [3.8, 4) is 16.9 Å². The van der Waals surface area contributed by atoms with E-state index in [0.717, 1.165) is 36.1 Å². The second-order valence-corrected chi connectivity index (χ2v) is 9.29. The van der Waals surface area contributed by atoms with Crippen molar-refractivity contribution in [2.45, 2.75) is 45.9 Å². The van der Waals surface area contributed by atoms with E-state index < -0.39 is 17.6 Å². The number of hydrogen-bond donors (Lipinski definition) is 1. The number of benzene rings is 3. The molecule has 0 aromatic heterocycles. The third-order valence-electron chi connectivity index (χ3n) is 5.40. The molecule has 0 fully saturated rings. The van der Waals surface area contributed by atoms with Gasteiger partial charge in [0.25, 0.3) is 0 Å². The van der Waals surface area contributed by atoms with E-state index in [1.54, 1.807) is 12.1 Å². The van der Waals surface area contributed by atoms with Crippen LogP contribution in [0.2, 0.25) is 0 Å². The van der Waals surface area contributed by atoms with E-state index in [1.807, 2.05) is 36.4 Å². The molecule has 0 aliphatic heterocycles. The first kappa shape index (κ1) is 24.4. The first-order valence-electron chi connectivity index (χ1n) is 10.8. The summed E-state index contributed by atoms with van der Waals surface area (Å²) in [6.07, 6.45) is -2.87. The van der Waals surface area contributed by atoms with E-state index in [9.17, 15) is 18.0 Å². The average molecular weight is 456 g/mol. The predicted molar refractivity (Wildman–Crippen MR) is 124 cm³/mol. The van der Waals surface area contributed by atoms with Gasteiger partial charge < -0.3 is 10.5 Å². The van der Waals surface area contributed by atoms with Gasteiger partial charge in [0, 0.05) is 5.56 Å². The van der Waals surface area contributed by atoms with Crippen LogP contribution in [0, 0.1) is 5.41 Å². The van der Waals surface area contributed by atoms with E-state index in [1.165, 1.54) is 12.1 Å². The Kier molecular flexibility index (Phi) is 7.15. The summed E-state index contributed by atoms with van der Waals surface area (Å²) in [6, 6.07) is 19.5. The number of nitrogens with two attached hydrogens (primary N) is 1. The van der Waals surface area contributed by atoms with Crippen LogP contribution >= 0.6 is 0 Å². The maximum atomic E-state index is 12.8. The largest absolute Gasteiger partial charge is 0.486 e. The van der Waals surface area contributed by atoms with Gasteiger partial charge in [0.2, 0.25) is 5.91 Å². The first-order valence-corrected chi connectivity index (χ1v) is 10.8. The second-order valence-electron chi connectivity index (χ2n) is 9.29. The highest BCUT2D eigenvalue weighted by Crippen LogP contribution is 2.34.